The molecule has 1 unspecified atom stereocenters. The fourth-order valence-corrected chi connectivity index (χ4v) is 6.47. The minimum Gasteiger partial charge on any atom is -0.548 e. The fraction of sp³-hybridized carbons (Fsp3) is 0.444. The van der Waals surface area contributed by atoms with Gasteiger partial charge in [-0.05, 0) is 35.5 Å². The van der Waals surface area contributed by atoms with Gasteiger partial charge in [-0.25, -0.2) is 4.79 Å². The Morgan fingerprint density at radius 2 is 1.47 bits per heavy atom. The molecule has 2 amide bonds. The van der Waals surface area contributed by atoms with Gasteiger partial charge in [-0.15, -0.1) is 23.5 Å². The molecule has 7 heteroatoms. The Bertz CT molecular complexity index is 948. The van der Waals surface area contributed by atoms with Gasteiger partial charge in [0, 0.05) is 24.3 Å². The Hall–Kier alpha value is -1.83. The first kappa shape index (κ1) is 26.8. The van der Waals surface area contributed by atoms with Gasteiger partial charge in [0.1, 0.15) is 5.37 Å². The molecule has 2 aromatic carbocycles. The van der Waals surface area contributed by atoms with Gasteiger partial charge in [-0.1, -0.05) is 81.4 Å². The highest BCUT2D eigenvalue weighted by molar-refractivity contribution is 8.02. The van der Waals surface area contributed by atoms with Gasteiger partial charge in [0.05, 0.1) is 12.3 Å². The maximum atomic E-state index is 13.6. The fourth-order valence-electron chi connectivity index (χ4n) is 3.70. The summed E-state index contributed by atoms with van der Waals surface area (Å²) < 4.78 is 6.20. The van der Waals surface area contributed by atoms with Crippen molar-refractivity contribution in [3.8, 4) is 0 Å². The van der Waals surface area contributed by atoms with E-state index in [0.29, 0.717) is 13.1 Å². The van der Waals surface area contributed by atoms with Crippen LogP contribution in [0.25, 0.3) is 0 Å². The lowest BCUT2D eigenvalue weighted by atomic mass is 10.2. The zero-order valence-electron chi connectivity index (χ0n) is 21.2. The average molecular weight is 515 g/mol. The van der Waals surface area contributed by atoms with Crippen LogP contribution in [0.4, 0.5) is 4.79 Å². The standard InChI is InChI=1S/C27H38N2O2S2Si/c1-27(2,3)34(5,6)31-17-18-33-21-24-25(32-4)29(20-23-15-11-8-12-16-23)26(30)28(24)19-22-13-9-7-10-14-22/h7-18,24-25H,19-21H2,1-6H3/b18-17+/t24-,25?/m0/s1. The third-order valence-electron chi connectivity index (χ3n) is 6.75. The van der Waals surface area contributed by atoms with E-state index >= 15 is 0 Å². The molecule has 1 fully saturated rings. The van der Waals surface area contributed by atoms with Crippen molar-refractivity contribution in [3.63, 3.8) is 0 Å². The molecule has 0 spiro atoms. The number of benzene rings is 2. The van der Waals surface area contributed by atoms with E-state index in [9.17, 15) is 4.79 Å². The topological polar surface area (TPSA) is 32.8 Å². The molecule has 4 nitrogen and oxygen atoms in total. The van der Waals surface area contributed by atoms with E-state index in [1.54, 1.807) is 23.5 Å². The minimum atomic E-state index is -1.81. The molecule has 1 aliphatic heterocycles. The molecule has 34 heavy (non-hydrogen) atoms. The van der Waals surface area contributed by atoms with Crippen LogP contribution in [-0.2, 0) is 17.5 Å². The van der Waals surface area contributed by atoms with Gasteiger partial charge in [0.2, 0.25) is 8.32 Å². The second-order valence-corrected chi connectivity index (χ2v) is 16.8. The number of carbonyl (C=O) groups excluding carboxylic acids is 1. The van der Waals surface area contributed by atoms with Crippen LogP contribution < -0.4 is 0 Å². The Morgan fingerprint density at radius 1 is 0.941 bits per heavy atom. The van der Waals surface area contributed by atoms with Crippen LogP contribution >= 0.6 is 23.5 Å². The molecule has 184 valence electrons. The molecule has 3 rings (SSSR count). The van der Waals surface area contributed by atoms with Crippen LogP contribution in [0.3, 0.4) is 0 Å². The van der Waals surface area contributed by atoms with Gasteiger partial charge in [0.25, 0.3) is 0 Å². The van der Waals surface area contributed by atoms with Crippen LogP contribution in [0.15, 0.2) is 72.3 Å². The molecule has 1 saturated heterocycles. The Morgan fingerprint density at radius 3 is 1.97 bits per heavy atom. The number of thioether (sulfide) groups is 2. The van der Waals surface area contributed by atoms with E-state index in [1.165, 1.54) is 0 Å². The van der Waals surface area contributed by atoms with Crippen LogP contribution in [0.1, 0.15) is 31.9 Å². The number of urea groups is 1. The van der Waals surface area contributed by atoms with E-state index in [0.717, 1.165) is 16.9 Å². The summed E-state index contributed by atoms with van der Waals surface area (Å²) in [5.74, 6) is 0.826. The third-order valence-corrected chi connectivity index (χ3v) is 13.0. The van der Waals surface area contributed by atoms with Crippen LogP contribution in [0.5, 0.6) is 0 Å². The molecular formula is C27H38N2O2S2Si. The highest BCUT2D eigenvalue weighted by atomic mass is 32.2. The van der Waals surface area contributed by atoms with Crippen molar-refractivity contribution < 1.29 is 9.22 Å². The van der Waals surface area contributed by atoms with E-state index < -0.39 is 8.32 Å². The SMILES string of the molecule is CSC1[C@H](CS/C=C/O[Si](C)(C)C(C)(C)C)N(Cc2ccccc2)C(=O)N1Cc1ccccc1. The predicted octanol–water partition coefficient (Wildman–Crippen LogP) is 7.41. The lowest BCUT2D eigenvalue weighted by Gasteiger charge is -2.34. The molecule has 1 heterocycles. The third kappa shape index (κ3) is 6.64. The Balaban J connectivity index is 1.74. The monoisotopic (exact) mass is 514 g/mol. The number of amides is 2. The molecule has 2 atom stereocenters. The molecule has 0 saturated carbocycles. The molecule has 0 aliphatic carbocycles. The van der Waals surface area contributed by atoms with Crippen molar-refractivity contribution in [1.29, 1.82) is 0 Å². The lowest BCUT2D eigenvalue weighted by Crippen LogP contribution is -2.39. The number of hydrogen-bond acceptors (Lipinski definition) is 4. The van der Waals surface area contributed by atoms with Gasteiger partial charge >= 0.3 is 6.03 Å². The molecule has 2 aromatic rings. The van der Waals surface area contributed by atoms with Crippen molar-refractivity contribution in [1.82, 2.24) is 9.80 Å². The van der Waals surface area contributed by atoms with Crippen LogP contribution in [0, 0.1) is 0 Å². The number of nitrogens with zero attached hydrogens (tertiary/aromatic N) is 2. The van der Waals surface area contributed by atoms with Crippen LogP contribution in [-0.4, -0.2) is 47.6 Å². The second-order valence-electron chi connectivity index (χ2n) is 10.2. The first-order valence-electron chi connectivity index (χ1n) is 11.8. The van der Waals surface area contributed by atoms with Crippen molar-refractivity contribution in [3.05, 3.63) is 83.5 Å². The van der Waals surface area contributed by atoms with E-state index in [1.807, 2.05) is 47.6 Å². The van der Waals surface area contributed by atoms with Gasteiger partial charge in [-0.2, -0.15) is 0 Å². The zero-order valence-corrected chi connectivity index (χ0v) is 23.9. The molecule has 0 radical (unpaired) electrons. The number of rotatable bonds is 10. The highest BCUT2D eigenvalue weighted by Gasteiger charge is 2.45. The van der Waals surface area contributed by atoms with Crippen molar-refractivity contribution in [2.75, 3.05) is 12.0 Å². The maximum Gasteiger partial charge on any atom is 0.321 e. The van der Waals surface area contributed by atoms with E-state index in [2.05, 4.69) is 74.7 Å². The lowest BCUT2D eigenvalue weighted by molar-refractivity contribution is 0.184. The summed E-state index contributed by atoms with van der Waals surface area (Å²) >= 11 is 3.49. The number of carbonyl (C=O) groups is 1. The Labute approximate surface area is 215 Å². The predicted molar refractivity (Wildman–Crippen MR) is 150 cm³/mol. The maximum absolute atomic E-state index is 13.6. The summed E-state index contributed by atoms with van der Waals surface area (Å²) in [6, 6.07) is 20.8. The molecule has 1 aliphatic rings. The summed E-state index contributed by atoms with van der Waals surface area (Å²) in [6.45, 7) is 12.5. The first-order chi connectivity index (χ1) is 16.1. The summed E-state index contributed by atoms with van der Waals surface area (Å²) in [6.07, 6.45) is 3.98. The largest absolute Gasteiger partial charge is 0.548 e. The summed E-state index contributed by atoms with van der Waals surface area (Å²) in [5.41, 5.74) is 2.31. The van der Waals surface area contributed by atoms with E-state index in [-0.39, 0.29) is 22.5 Å². The van der Waals surface area contributed by atoms with Crippen LogP contribution in [0.2, 0.25) is 18.1 Å². The van der Waals surface area contributed by atoms with Crippen molar-refractivity contribution >= 4 is 37.9 Å². The summed E-state index contributed by atoms with van der Waals surface area (Å²) in [5, 5.41) is 2.33. The smallest absolute Gasteiger partial charge is 0.321 e. The minimum absolute atomic E-state index is 0.0960. The molecule has 0 aromatic heterocycles. The second kappa shape index (κ2) is 11.7. The quantitative estimate of drug-likeness (QED) is 0.244. The number of hydrogen-bond donors (Lipinski definition) is 0. The Kier molecular flexibility index (Phi) is 9.24. The molecular weight excluding hydrogens is 477 g/mol. The van der Waals surface area contributed by atoms with E-state index in [4.69, 9.17) is 4.43 Å². The summed E-state index contributed by atoms with van der Waals surface area (Å²) in [7, 11) is -1.81. The first-order valence-corrected chi connectivity index (χ1v) is 17.0. The zero-order chi connectivity index (χ0) is 24.8. The van der Waals surface area contributed by atoms with Gasteiger partial charge in [-0.3, -0.25) is 0 Å². The average Bonchev–Trinajstić information content (AvgIpc) is 3.04. The highest BCUT2D eigenvalue weighted by Crippen LogP contribution is 2.37. The summed E-state index contributed by atoms with van der Waals surface area (Å²) in [4.78, 5) is 17.7. The normalized spacial score (nSPS) is 19.3. The molecule has 0 N–H and O–H groups in total. The van der Waals surface area contributed by atoms with Crippen molar-refractivity contribution in [2.24, 2.45) is 0 Å². The van der Waals surface area contributed by atoms with Gasteiger partial charge in [0.15, 0.2) is 0 Å². The molecule has 0 bridgehead atoms. The van der Waals surface area contributed by atoms with Gasteiger partial charge < -0.3 is 14.2 Å². The van der Waals surface area contributed by atoms with Crippen molar-refractivity contribution in [2.45, 2.75) is 63.4 Å².